The fourth-order valence-electron chi connectivity index (χ4n) is 12.9. The predicted molar refractivity (Wildman–Crippen MR) is 236 cm³/mol. The van der Waals surface area contributed by atoms with Gasteiger partial charge in [0.25, 0.3) is 0 Å². The van der Waals surface area contributed by atoms with Crippen molar-refractivity contribution in [3.8, 4) is 22.3 Å². The van der Waals surface area contributed by atoms with Gasteiger partial charge in [0.2, 0.25) is 0 Å². The molecule has 4 fully saturated rings. The van der Waals surface area contributed by atoms with Crippen molar-refractivity contribution in [2.24, 2.45) is 11.8 Å². The minimum absolute atomic E-state index is 0.0328. The maximum atomic E-state index is 2.75. The molecule has 0 saturated heterocycles. The summed E-state index contributed by atoms with van der Waals surface area (Å²) in [7, 11) is 0. The predicted octanol–water partition coefficient (Wildman–Crippen LogP) is 14.9. The second-order valence-corrected chi connectivity index (χ2v) is 24.7. The Morgan fingerprint density at radius 3 is 1.29 bits per heavy atom. The van der Waals surface area contributed by atoms with Crippen molar-refractivity contribution in [1.29, 1.82) is 0 Å². The van der Waals surface area contributed by atoms with Crippen LogP contribution in [-0.4, -0.2) is 0 Å². The second-order valence-electron chi connectivity index (χ2n) is 24.7. The Morgan fingerprint density at radius 1 is 0.436 bits per heavy atom. The van der Waals surface area contributed by atoms with E-state index in [0.717, 1.165) is 11.8 Å². The first-order valence-electron chi connectivity index (χ1n) is 21.9. The van der Waals surface area contributed by atoms with E-state index in [1.165, 1.54) is 76.6 Å². The van der Waals surface area contributed by atoms with E-state index < -0.39 is 0 Å². The lowest BCUT2D eigenvalue weighted by molar-refractivity contribution is 0.220. The molecule has 4 saturated carbocycles. The van der Waals surface area contributed by atoms with Gasteiger partial charge in [0.15, 0.2) is 0 Å². The highest BCUT2D eigenvalue weighted by molar-refractivity contribution is 5.87. The van der Waals surface area contributed by atoms with Crippen LogP contribution in [0.4, 0.5) is 0 Å². The fraction of sp³-hybridized carbons (Fsp3) is 0.564. The Morgan fingerprint density at radius 2 is 0.836 bits per heavy atom. The van der Waals surface area contributed by atoms with Crippen LogP contribution in [0.1, 0.15) is 199 Å². The van der Waals surface area contributed by atoms with E-state index in [1.54, 1.807) is 33.4 Å². The van der Waals surface area contributed by atoms with Crippen molar-refractivity contribution in [1.82, 2.24) is 0 Å². The zero-order chi connectivity index (χ0) is 39.8. The van der Waals surface area contributed by atoms with E-state index in [9.17, 15) is 0 Å². The maximum Gasteiger partial charge on any atom is 0.0159 e. The van der Waals surface area contributed by atoms with Gasteiger partial charge in [-0.1, -0.05) is 171 Å². The van der Waals surface area contributed by atoms with E-state index in [2.05, 4.69) is 171 Å². The third-order valence-electron chi connectivity index (χ3n) is 16.1. The lowest BCUT2D eigenvalue weighted by Gasteiger charge is -2.44. The summed E-state index contributed by atoms with van der Waals surface area (Å²) in [4.78, 5) is 0. The molecule has 0 N–H and O–H groups in total. The molecule has 4 atom stereocenters. The van der Waals surface area contributed by atoms with Crippen LogP contribution >= 0.6 is 0 Å². The lowest BCUT2D eigenvalue weighted by Crippen LogP contribution is -2.37. The summed E-state index contributed by atoms with van der Waals surface area (Å²) >= 11 is 0. The molecule has 0 aromatic heterocycles. The molecule has 6 aliphatic carbocycles. The standard InChI is InChI=1S/C55H70/c1-48(2,3)33-17-19-38-40(22-33)52(13,14)42-24-35(50(7,8)9)26-44(46(38)42)54-28-32-21-37(30-54)55(29-32,31-54)45-27-36(51(10,11)12)25-43-47(45)39-20-18-34(49(4,5)6)23-41(39)53(43,15)16/h17-20,22-27,32,37H,21,28-31H2,1-16H3. The summed E-state index contributed by atoms with van der Waals surface area (Å²) in [6.45, 7) is 38.9. The molecule has 0 heterocycles. The molecule has 0 radical (unpaired) electrons. The average Bonchev–Trinajstić information content (AvgIpc) is 3.64. The first kappa shape index (κ1) is 37.5. The van der Waals surface area contributed by atoms with Crippen LogP contribution in [0, 0.1) is 11.8 Å². The van der Waals surface area contributed by atoms with Crippen molar-refractivity contribution in [2.75, 3.05) is 0 Å². The summed E-state index contributed by atoms with van der Waals surface area (Å²) in [5.41, 5.74) is 22.5. The first-order valence-corrected chi connectivity index (χ1v) is 21.9. The van der Waals surface area contributed by atoms with Gasteiger partial charge in [0.05, 0.1) is 0 Å². The highest BCUT2D eigenvalue weighted by Gasteiger charge is 2.66. The molecule has 0 amide bonds. The van der Waals surface area contributed by atoms with Gasteiger partial charge in [0.1, 0.15) is 0 Å². The number of rotatable bonds is 2. The number of hydrogen-bond acceptors (Lipinski definition) is 0. The largest absolute Gasteiger partial charge is 0.0579 e. The van der Waals surface area contributed by atoms with Crippen molar-refractivity contribution in [3.63, 3.8) is 0 Å². The molecule has 0 spiro atoms. The SMILES string of the molecule is CC(C)(C)c1ccc2c(c1)C(C)(C)c1cc(C(C)(C)C)cc(C34CC5CC(C3)C(c3cc(C(C)(C)C)cc6c3-c3ccc(C(C)(C)C)cc3C6(C)C)(C5)C4)c1-2. The topological polar surface area (TPSA) is 0 Å². The minimum atomic E-state index is -0.0328. The Hall–Kier alpha value is -3.12. The maximum absolute atomic E-state index is 2.75. The van der Waals surface area contributed by atoms with Gasteiger partial charge in [0, 0.05) is 10.8 Å². The molecule has 4 aromatic rings. The zero-order valence-electron chi connectivity index (χ0n) is 37.5. The zero-order valence-corrected chi connectivity index (χ0v) is 37.5. The Balaban J connectivity index is 1.28. The molecular weight excluding hydrogens is 661 g/mol. The van der Waals surface area contributed by atoms with E-state index in [-0.39, 0.29) is 43.3 Å². The van der Waals surface area contributed by atoms with Crippen molar-refractivity contribution in [2.45, 2.75) is 186 Å². The number of hydrogen-bond donors (Lipinski definition) is 0. The molecule has 0 aliphatic heterocycles. The van der Waals surface area contributed by atoms with E-state index >= 15 is 0 Å². The van der Waals surface area contributed by atoms with Gasteiger partial charge < -0.3 is 0 Å². The molecule has 4 unspecified atom stereocenters. The van der Waals surface area contributed by atoms with Gasteiger partial charge in [-0.3, -0.25) is 0 Å². The molecule has 10 rings (SSSR count). The lowest BCUT2D eigenvalue weighted by atomic mass is 9.60. The van der Waals surface area contributed by atoms with E-state index in [0.29, 0.717) is 0 Å². The second kappa shape index (κ2) is 10.9. The third kappa shape index (κ3) is 5.13. The van der Waals surface area contributed by atoms with Gasteiger partial charge >= 0.3 is 0 Å². The van der Waals surface area contributed by atoms with Gasteiger partial charge in [-0.2, -0.15) is 0 Å². The molecule has 0 nitrogen and oxygen atoms in total. The quantitative estimate of drug-likeness (QED) is 0.193. The van der Waals surface area contributed by atoms with Gasteiger partial charge in [-0.25, -0.2) is 0 Å². The Labute approximate surface area is 335 Å². The molecule has 0 heteroatoms. The molecule has 6 aliphatic rings. The van der Waals surface area contributed by atoms with Crippen LogP contribution < -0.4 is 0 Å². The van der Waals surface area contributed by atoms with Crippen LogP contribution in [0.25, 0.3) is 22.3 Å². The van der Waals surface area contributed by atoms with Gasteiger partial charge in [-0.15, -0.1) is 0 Å². The average molecular weight is 731 g/mol. The highest BCUT2D eigenvalue weighted by atomic mass is 14.7. The van der Waals surface area contributed by atoms with Crippen LogP contribution in [-0.2, 0) is 43.3 Å². The highest BCUT2D eigenvalue weighted by Crippen LogP contribution is 2.74. The van der Waals surface area contributed by atoms with Crippen LogP contribution in [0.2, 0.25) is 0 Å². The summed E-state index contributed by atoms with van der Waals surface area (Å²) in [6, 6.07) is 25.9. The van der Waals surface area contributed by atoms with Crippen molar-refractivity contribution in [3.05, 3.63) is 116 Å². The Kier molecular flexibility index (Phi) is 7.41. The number of benzene rings is 4. The normalized spacial score (nSPS) is 27.0. The first-order chi connectivity index (χ1) is 25.2. The summed E-state index contributed by atoms with van der Waals surface area (Å²) in [5, 5.41) is 0. The Bertz CT molecular complexity index is 2290. The summed E-state index contributed by atoms with van der Waals surface area (Å²) in [6.07, 6.45) is 6.71. The van der Waals surface area contributed by atoms with Crippen molar-refractivity contribution >= 4 is 0 Å². The molecule has 4 aromatic carbocycles. The third-order valence-corrected chi connectivity index (χ3v) is 16.1. The van der Waals surface area contributed by atoms with Crippen molar-refractivity contribution < 1.29 is 0 Å². The van der Waals surface area contributed by atoms with Gasteiger partial charge in [-0.05, 0) is 154 Å². The molecule has 4 bridgehead atoms. The molecule has 290 valence electrons. The summed E-state index contributed by atoms with van der Waals surface area (Å²) in [5.74, 6) is 1.50. The van der Waals surface area contributed by atoms with Crippen LogP contribution in [0.3, 0.4) is 0 Å². The molecular formula is C55H70. The minimum Gasteiger partial charge on any atom is -0.0579 e. The van der Waals surface area contributed by atoms with Crippen LogP contribution in [0.5, 0.6) is 0 Å². The van der Waals surface area contributed by atoms with E-state index in [1.807, 2.05) is 0 Å². The van der Waals surface area contributed by atoms with Crippen LogP contribution in [0.15, 0.2) is 60.7 Å². The monoisotopic (exact) mass is 731 g/mol. The fourth-order valence-corrected chi connectivity index (χ4v) is 12.9. The summed E-state index contributed by atoms with van der Waals surface area (Å²) < 4.78 is 0. The smallest absolute Gasteiger partial charge is 0.0159 e. The molecule has 55 heavy (non-hydrogen) atoms. The number of fused-ring (bicyclic) bond motifs is 6. The van der Waals surface area contributed by atoms with E-state index in [4.69, 9.17) is 0 Å².